The van der Waals surface area contributed by atoms with E-state index in [2.05, 4.69) is 13.8 Å². The number of hydrogen-bond acceptors (Lipinski definition) is 3. The van der Waals surface area contributed by atoms with Crippen LogP contribution in [0.25, 0.3) is 6.08 Å². The Balaban J connectivity index is 1.94. The lowest BCUT2D eigenvalue weighted by Crippen LogP contribution is -2.60. The van der Waals surface area contributed by atoms with Gasteiger partial charge in [-0.05, 0) is 64.3 Å². The fourth-order valence-electron chi connectivity index (χ4n) is 3.80. The molecule has 3 fully saturated rings. The topological polar surface area (TPSA) is 35.5 Å². The summed E-state index contributed by atoms with van der Waals surface area (Å²) in [5, 5.41) is 0. The van der Waals surface area contributed by atoms with Crippen molar-refractivity contribution in [2.75, 3.05) is 6.61 Å². The van der Waals surface area contributed by atoms with E-state index in [1.165, 1.54) is 0 Å². The summed E-state index contributed by atoms with van der Waals surface area (Å²) in [6, 6.07) is 7.91. The molecule has 0 aromatic heterocycles. The Morgan fingerprint density at radius 2 is 1.95 bits per heavy atom. The molecule has 3 aliphatic rings. The lowest BCUT2D eigenvalue weighted by atomic mass is 9.65. The van der Waals surface area contributed by atoms with Gasteiger partial charge < -0.3 is 9.47 Å². The summed E-state index contributed by atoms with van der Waals surface area (Å²) in [6.45, 7) is 8.74. The summed E-state index contributed by atoms with van der Waals surface area (Å²) in [6.07, 6.45) is 3.86. The predicted molar refractivity (Wildman–Crippen MR) is 86.9 cm³/mol. The van der Waals surface area contributed by atoms with Crippen LogP contribution in [0, 0.1) is 5.92 Å². The molecule has 1 aliphatic carbocycles. The van der Waals surface area contributed by atoms with Crippen molar-refractivity contribution in [3.63, 3.8) is 0 Å². The standard InChI is InChI=1S/C19H24O3/c1-5-21-14-8-6-13(7-9-14)12-15-16-10-11-19(4,17(15)20)22-18(16,2)3/h6-9,12,16H,5,10-11H2,1-4H3/b15-12-. The number of rotatable bonds is 3. The first-order valence-electron chi connectivity index (χ1n) is 8.05. The summed E-state index contributed by atoms with van der Waals surface area (Å²) >= 11 is 0. The molecule has 0 radical (unpaired) electrons. The first-order chi connectivity index (χ1) is 10.4. The number of fused-ring (bicyclic) bond motifs is 3. The van der Waals surface area contributed by atoms with Crippen molar-refractivity contribution in [2.45, 2.75) is 51.7 Å². The van der Waals surface area contributed by atoms with Crippen LogP contribution < -0.4 is 4.74 Å². The molecule has 1 saturated carbocycles. The van der Waals surface area contributed by atoms with Crippen molar-refractivity contribution < 1.29 is 14.3 Å². The summed E-state index contributed by atoms with van der Waals surface area (Å²) in [5.41, 5.74) is 1.01. The fourth-order valence-corrected chi connectivity index (χ4v) is 3.80. The molecular weight excluding hydrogens is 276 g/mol. The molecule has 2 bridgehead atoms. The zero-order valence-electron chi connectivity index (χ0n) is 13.8. The van der Waals surface area contributed by atoms with Gasteiger partial charge in [0.05, 0.1) is 12.2 Å². The lowest BCUT2D eigenvalue weighted by molar-refractivity contribution is -0.206. The highest BCUT2D eigenvalue weighted by molar-refractivity contribution is 6.07. The van der Waals surface area contributed by atoms with Crippen molar-refractivity contribution in [1.29, 1.82) is 0 Å². The highest BCUT2D eigenvalue weighted by Crippen LogP contribution is 2.50. The fraction of sp³-hybridized carbons (Fsp3) is 0.526. The van der Waals surface area contributed by atoms with E-state index in [-0.39, 0.29) is 17.3 Å². The Labute approximate surface area is 132 Å². The van der Waals surface area contributed by atoms with E-state index in [0.29, 0.717) is 6.61 Å². The highest BCUT2D eigenvalue weighted by Gasteiger charge is 2.56. The third-order valence-corrected chi connectivity index (χ3v) is 4.87. The van der Waals surface area contributed by atoms with Crippen molar-refractivity contribution in [3.8, 4) is 5.75 Å². The Hall–Kier alpha value is -1.61. The van der Waals surface area contributed by atoms with Gasteiger partial charge in [-0.15, -0.1) is 0 Å². The monoisotopic (exact) mass is 300 g/mol. The van der Waals surface area contributed by atoms with E-state index in [1.54, 1.807) is 0 Å². The van der Waals surface area contributed by atoms with Gasteiger partial charge in [0.25, 0.3) is 0 Å². The Bertz CT molecular complexity index is 612. The largest absolute Gasteiger partial charge is 0.494 e. The molecular formula is C19H24O3. The smallest absolute Gasteiger partial charge is 0.190 e. The van der Waals surface area contributed by atoms with Gasteiger partial charge in [0.2, 0.25) is 0 Å². The van der Waals surface area contributed by atoms with Crippen molar-refractivity contribution in [1.82, 2.24) is 0 Å². The lowest BCUT2D eigenvalue weighted by Gasteiger charge is -2.53. The first-order valence-corrected chi connectivity index (χ1v) is 8.05. The SMILES string of the molecule is CCOc1ccc(/C=C2\C(=O)C3(C)CCC2C(C)(C)O3)cc1. The number of benzene rings is 1. The minimum absolute atomic E-state index is 0.150. The minimum Gasteiger partial charge on any atom is -0.494 e. The number of hydrogen-bond donors (Lipinski definition) is 0. The summed E-state index contributed by atoms with van der Waals surface area (Å²) in [4.78, 5) is 12.8. The minimum atomic E-state index is -0.657. The van der Waals surface area contributed by atoms with E-state index in [1.807, 2.05) is 44.2 Å². The second-order valence-electron chi connectivity index (χ2n) is 6.96. The van der Waals surface area contributed by atoms with Gasteiger partial charge >= 0.3 is 0 Å². The third-order valence-electron chi connectivity index (χ3n) is 4.87. The van der Waals surface area contributed by atoms with Crippen LogP contribution >= 0.6 is 0 Å². The molecule has 2 atom stereocenters. The van der Waals surface area contributed by atoms with Gasteiger partial charge in [-0.2, -0.15) is 0 Å². The average molecular weight is 300 g/mol. The molecule has 2 saturated heterocycles. The maximum absolute atomic E-state index is 12.8. The molecule has 3 heteroatoms. The molecule has 2 aliphatic heterocycles. The van der Waals surface area contributed by atoms with E-state index in [0.717, 1.165) is 29.7 Å². The van der Waals surface area contributed by atoms with Gasteiger partial charge in [0, 0.05) is 11.5 Å². The Morgan fingerprint density at radius 1 is 1.27 bits per heavy atom. The van der Waals surface area contributed by atoms with Crippen molar-refractivity contribution in [2.24, 2.45) is 5.92 Å². The molecule has 0 N–H and O–H groups in total. The molecule has 2 heterocycles. The predicted octanol–water partition coefficient (Wildman–Crippen LogP) is 4.02. The maximum atomic E-state index is 12.8. The second kappa shape index (κ2) is 5.24. The zero-order chi connectivity index (χ0) is 16.0. The second-order valence-corrected chi connectivity index (χ2v) is 6.96. The Morgan fingerprint density at radius 3 is 2.55 bits per heavy atom. The van der Waals surface area contributed by atoms with Crippen LogP contribution in [0.3, 0.4) is 0 Å². The molecule has 0 amide bonds. The summed E-state index contributed by atoms with van der Waals surface area (Å²) in [5.74, 6) is 1.18. The van der Waals surface area contributed by atoms with Gasteiger partial charge in [-0.3, -0.25) is 4.79 Å². The number of carbonyl (C=O) groups excluding carboxylic acids is 1. The van der Waals surface area contributed by atoms with E-state index >= 15 is 0 Å². The molecule has 1 aromatic rings. The van der Waals surface area contributed by atoms with E-state index in [4.69, 9.17) is 9.47 Å². The Kier molecular flexibility index (Phi) is 3.64. The highest BCUT2D eigenvalue weighted by atomic mass is 16.5. The molecule has 3 nitrogen and oxygen atoms in total. The van der Waals surface area contributed by atoms with Crippen LogP contribution in [0.2, 0.25) is 0 Å². The van der Waals surface area contributed by atoms with Crippen LogP contribution in [0.1, 0.15) is 46.1 Å². The van der Waals surface area contributed by atoms with Crippen LogP contribution in [0.15, 0.2) is 29.8 Å². The molecule has 22 heavy (non-hydrogen) atoms. The van der Waals surface area contributed by atoms with Crippen LogP contribution in [-0.4, -0.2) is 23.6 Å². The maximum Gasteiger partial charge on any atom is 0.190 e. The van der Waals surface area contributed by atoms with Gasteiger partial charge in [-0.25, -0.2) is 0 Å². The van der Waals surface area contributed by atoms with Gasteiger partial charge in [0.1, 0.15) is 11.4 Å². The third kappa shape index (κ3) is 2.48. The molecule has 118 valence electrons. The van der Waals surface area contributed by atoms with Gasteiger partial charge in [-0.1, -0.05) is 12.1 Å². The first kappa shape index (κ1) is 15.3. The van der Waals surface area contributed by atoms with Crippen LogP contribution in [0.4, 0.5) is 0 Å². The van der Waals surface area contributed by atoms with E-state index < -0.39 is 5.60 Å². The van der Waals surface area contributed by atoms with Crippen molar-refractivity contribution in [3.05, 3.63) is 35.4 Å². The molecule has 0 spiro atoms. The number of carbonyl (C=O) groups is 1. The summed E-state index contributed by atoms with van der Waals surface area (Å²) < 4.78 is 11.5. The number of ether oxygens (including phenoxy) is 2. The number of Topliss-reactive ketones (excluding diaryl/α,β-unsaturated/α-hetero) is 1. The molecule has 1 aromatic carbocycles. The van der Waals surface area contributed by atoms with Crippen molar-refractivity contribution >= 4 is 11.9 Å². The normalized spacial score (nSPS) is 31.5. The van der Waals surface area contributed by atoms with Gasteiger partial charge in [0.15, 0.2) is 5.78 Å². The molecule has 4 rings (SSSR count). The quantitative estimate of drug-likeness (QED) is 0.791. The van der Waals surface area contributed by atoms with E-state index in [9.17, 15) is 4.79 Å². The van der Waals surface area contributed by atoms with Crippen LogP contribution in [0.5, 0.6) is 5.75 Å². The summed E-state index contributed by atoms with van der Waals surface area (Å²) in [7, 11) is 0. The number of ketones is 1. The molecule has 2 unspecified atom stereocenters. The average Bonchev–Trinajstić information content (AvgIpc) is 2.45. The van der Waals surface area contributed by atoms with Crippen LogP contribution in [-0.2, 0) is 9.53 Å². The zero-order valence-corrected chi connectivity index (χ0v) is 13.8.